The number of aliphatic hydroxyl groups is 1. The third-order valence-corrected chi connectivity index (χ3v) is 9.23. The molecule has 204 valence electrons. The lowest BCUT2D eigenvalue weighted by Gasteiger charge is -2.42. The number of nitrogens with zero attached hydrogens (tertiary/aromatic N) is 2. The van der Waals surface area contributed by atoms with E-state index in [-0.39, 0.29) is 30.2 Å². The van der Waals surface area contributed by atoms with E-state index < -0.39 is 27.8 Å². The smallest absolute Gasteiger partial charge is 0.376 e. The monoisotopic (exact) mass is 566 g/mol. The van der Waals surface area contributed by atoms with E-state index in [1.165, 1.54) is 34.6 Å². The quantitative estimate of drug-likeness (QED) is 0.467. The van der Waals surface area contributed by atoms with Gasteiger partial charge in [-0.15, -0.1) is 0 Å². The number of alkyl halides is 3. The molecule has 2 atom stereocenters. The molecule has 2 aromatic rings. The van der Waals surface area contributed by atoms with Crippen LogP contribution >= 0.6 is 12.2 Å². The molecule has 0 radical (unpaired) electrons. The van der Waals surface area contributed by atoms with Crippen molar-refractivity contribution in [3.63, 3.8) is 0 Å². The van der Waals surface area contributed by atoms with E-state index in [0.29, 0.717) is 37.0 Å². The van der Waals surface area contributed by atoms with Crippen molar-refractivity contribution in [1.29, 1.82) is 0 Å². The lowest BCUT2D eigenvalue weighted by Crippen LogP contribution is -2.57. The first-order chi connectivity index (χ1) is 17.9. The first-order valence-electron chi connectivity index (χ1n) is 12.1. The summed E-state index contributed by atoms with van der Waals surface area (Å²) in [6.07, 6.45) is 0.555. The summed E-state index contributed by atoms with van der Waals surface area (Å²) in [5.74, 6) is 0. The van der Waals surface area contributed by atoms with Crippen LogP contribution in [-0.4, -0.2) is 61.2 Å². The van der Waals surface area contributed by atoms with Crippen LogP contribution in [0.15, 0.2) is 77.7 Å². The average Bonchev–Trinajstić information content (AvgIpc) is 2.89. The molecule has 11 heteroatoms. The molecule has 2 aromatic carbocycles. The van der Waals surface area contributed by atoms with Crippen molar-refractivity contribution >= 4 is 32.8 Å². The number of allylic oxidation sites excluding steroid dienone is 4. The van der Waals surface area contributed by atoms with E-state index >= 15 is 0 Å². The van der Waals surface area contributed by atoms with Gasteiger partial charge >= 0.3 is 6.18 Å². The topological polar surface area (TPSA) is 70.1 Å². The van der Waals surface area contributed by atoms with Gasteiger partial charge in [0.05, 0.1) is 24.2 Å². The van der Waals surface area contributed by atoms with Crippen LogP contribution in [0.5, 0.6) is 0 Å². The van der Waals surface area contributed by atoms with E-state index in [1.807, 2.05) is 35.2 Å². The zero-order chi connectivity index (χ0) is 27.6. The average molecular weight is 567 g/mol. The van der Waals surface area contributed by atoms with Crippen LogP contribution in [0.2, 0.25) is 0 Å². The summed E-state index contributed by atoms with van der Waals surface area (Å²) in [4.78, 5) is 2.40. The fourth-order valence-electron chi connectivity index (χ4n) is 4.45. The molecule has 1 saturated heterocycles. The van der Waals surface area contributed by atoms with Crippen molar-refractivity contribution < 1.29 is 31.4 Å². The summed E-state index contributed by atoms with van der Waals surface area (Å²) in [5.41, 5.74) is -1.70. The number of anilines is 1. The van der Waals surface area contributed by atoms with Crippen molar-refractivity contribution in [3.05, 3.63) is 88.9 Å². The number of rotatable bonds is 8. The molecule has 1 heterocycles. The third-order valence-electron chi connectivity index (χ3n) is 6.76. The zero-order valence-electron chi connectivity index (χ0n) is 20.8. The normalized spacial score (nSPS) is 20.8. The van der Waals surface area contributed by atoms with Crippen molar-refractivity contribution in [2.45, 2.75) is 37.8 Å². The van der Waals surface area contributed by atoms with E-state index in [2.05, 4.69) is 0 Å². The molecule has 2 unspecified atom stereocenters. The first kappa shape index (κ1) is 28.4. The highest BCUT2D eigenvalue weighted by molar-refractivity contribution is 7.96. The van der Waals surface area contributed by atoms with Crippen molar-refractivity contribution in [2.24, 2.45) is 0 Å². The van der Waals surface area contributed by atoms with E-state index in [9.17, 15) is 26.7 Å². The lowest BCUT2D eigenvalue weighted by atomic mass is 9.95. The molecule has 1 aliphatic heterocycles. The predicted octanol–water partition coefficient (Wildman–Crippen LogP) is 4.71. The van der Waals surface area contributed by atoms with Crippen LogP contribution in [0.1, 0.15) is 24.5 Å². The molecule has 1 aliphatic carbocycles. The highest BCUT2D eigenvalue weighted by Crippen LogP contribution is 2.39. The van der Waals surface area contributed by atoms with E-state index in [4.69, 9.17) is 17.0 Å². The number of piperazine rings is 1. The first-order valence-corrected chi connectivity index (χ1v) is 13.9. The minimum atomic E-state index is -4.83. The van der Waals surface area contributed by atoms with Crippen molar-refractivity contribution in [3.8, 4) is 0 Å². The largest absolute Gasteiger partial charge is 0.421 e. The molecule has 1 fully saturated rings. The number of benzene rings is 2. The summed E-state index contributed by atoms with van der Waals surface area (Å²) >= 11 is 5.31. The maximum Gasteiger partial charge on any atom is 0.421 e. The standard InChI is InChI=1S/C27H29F3N2O4S2/c1-26(33,27(28,29)30)21-11-13-22(14-12-21)32-16-15-31(38(34,35)25-10-6-5-9-24(25)37)17-23(32)19-36-18-20-7-3-2-4-8-20/h2-8,10-14,23,33H,9,15-19H2,1H3. The van der Waals surface area contributed by atoms with Crippen LogP contribution in [0.3, 0.4) is 0 Å². The maximum absolute atomic E-state index is 13.4. The summed E-state index contributed by atoms with van der Waals surface area (Å²) in [5, 5.41) is 10.0. The highest BCUT2D eigenvalue weighted by Gasteiger charge is 2.51. The molecule has 0 spiro atoms. The number of hydrogen-bond acceptors (Lipinski definition) is 6. The third kappa shape index (κ3) is 6.02. The predicted molar refractivity (Wildman–Crippen MR) is 144 cm³/mol. The molecule has 1 N–H and O–H groups in total. The van der Waals surface area contributed by atoms with Crippen LogP contribution in [-0.2, 0) is 27.0 Å². The molecular formula is C27H29F3N2O4S2. The van der Waals surface area contributed by atoms with Gasteiger partial charge < -0.3 is 14.7 Å². The summed E-state index contributed by atoms with van der Waals surface area (Å²) < 4.78 is 74.1. The number of hydrogen-bond donors (Lipinski definition) is 1. The second kappa shape index (κ2) is 11.3. The van der Waals surface area contributed by atoms with Gasteiger partial charge in [-0.25, -0.2) is 8.42 Å². The SMILES string of the molecule is CC(O)(c1ccc(N2CCN(S(=O)(=O)C3=CC=CCC3=S)CC2COCc2ccccc2)cc1)C(F)(F)F. The minimum Gasteiger partial charge on any atom is -0.376 e. The molecule has 4 rings (SSSR count). The molecule has 0 bridgehead atoms. The molecule has 38 heavy (non-hydrogen) atoms. The van der Waals surface area contributed by atoms with Crippen LogP contribution in [0, 0.1) is 0 Å². The van der Waals surface area contributed by atoms with Crippen LogP contribution < -0.4 is 4.90 Å². The molecule has 0 amide bonds. The van der Waals surface area contributed by atoms with E-state index in [1.54, 1.807) is 12.2 Å². The van der Waals surface area contributed by atoms with Gasteiger partial charge in [0.2, 0.25) is 10.0 Å². The molecule has 0 saturated carbocycles. The Kier molecular flexibility index (Phi) is 8.43. The fourth-order valence-corrected chi connectivity index (χ4v) is 6.52. The molecule has 0 aromatic heterocycles. The van der Waals surface area contributed by atoms with Gasteiger partial charge in [-0.3, -0.25) is 0 Å². The Morgan fingerprint density at radius 2 is 1.76 bits per heavy atom. The summed E-state index contributed by atoms with van der Waals surface area (Å²) in [7, 11) is -3.83. The number of sulfonamides is 1. The number of thiocarbonyl (C=S) groups is 1. The highest BCUT2D eigenvalue weighted by atomic mass is 32.2. The second-order valence-electron chi connectivity index (χ2n) is 9.41. The number of ether oxygens (including phenoxy) is 1. The Hall–Kier alpha value is -2.57. The van der Waals surface area contributed by atoms with Gasteiger partial charge in [0, 0.05) is 36.6 Å². The molecule has 2 aliphatic rings. The Morgan fingerprint density at radius 3 is 2.39 bits per heavy atom. The zero-order valence-corrected chi connectivity index (χ0v) is 22.4. The second-order valence-corrected chi connectivity index (χ2v) is 11.8. The van der Waals surface area contributed by atoms with Crippen molar-refractivity contribution in [1.82, 2.24) is 4.31 Å². The summed E-state index contributed by atoms with van der Waals surface area (Å²) in [6, 6.07) is 14.6. The Morgan fingerprint density at radius 1 is 1.08 bits per heavy atom. The van der Waals surface area contributed by atoms with Gasteiger partial charge in [0.15, 0.2) is 5.60 Å². The van der Waals surface area contributed by atoms with Gasteiger partial charge in [0.25, 0.3) is 0 Å². The van der Waals surface area contributed by atoms with Crippen LogP contribution in [0.4, 0.5) is 18.9 Å². The van der Waals surface area contributed by atoms with Crippen molar-refractivity contribution in [2.75, 3.05) is 31.1 Å². The minimum absolute atomic E-state index is 0.114. The van der Waals surface area contributed by atoms with Gasteiger partial charge in [-0.05, 0) is 36.3 Å². The Balaban J connectivity index is 1.56. The summed E-state index contributed by atoms with van der Waals surface area (Å²) in [6.45, 7) is 1.80. The molecular weight excluding hydrogens is 537 g/mol. The lowest BCUT2D eigenvalue weighted by molar-refractivity contribution is -0.258. The Bertz CT molecular complexity index is 1310. The van der Waals surface area contributed by atoms with Gasteiger partial charge in [0.1, 0.15) is 0 Å². The Labute approximate surface area is 226 Å². The number of halogens is 3. The fraction of sp³-hybridized carbons (Fsp3) is 0.370. The maximum atomic E-state index is 13.4. The van der Waals surface area contributed by atoms with Gasteiger partial charge in [-0.1, -0.05) is 66.8 Å². The van der Waals surface area contributed by atoms with Gasteiger partial charge in [-0.2, -0.15) is 17.5 Å². The molecule has 6 nitrogen and oxygen atoms in total. The van der Waals surface area contributed by atoms with Crippen LogP contribution in [0.25, 0.3) is 0 Å². The van der Waals surface area contributed by atoms with E-state index in [0.717, 1.165) is 5.56 Å².